The minimum Gasteiger partial charge on any atom is -0.382 e. The molecule has 2 atom stereocenters. The van der Waals surface area contributed by atoms with Crippen LogP contribution in [0.1, 0.15) is 63.2 Å². The van der Waals surface area contributed by atoms with E-state index in [1.807, 2.05) is 38.1 Å². The molecule has 1 saturated carbocycles. The van der Waals surface area contributed by atoms with Gasteiger partial charge in [0.05, 0.1) is 0 Å². The van der Waals surface area contributed by atoms with Crippen LogP contribution in [-0.4, -0.2) is 18.0 Å². The lowest BCUT2D eigenvalue weighted by atomic mass is 9.84. The van der Waals surface area contributed by atoms with Gasteiger partial charge in [0.1, 0.15) is 0 Å². The third-order valence-electron chi connectivity index (χ3n) is 4.30. The second kappa shape index (κ2) is 7.48. The summed E-state index contributed by atoms with van der Waals surface area (Å²) < 4.78 is 0. The van der Waals surface area contributed by atoms with Gasteiger partial charge in [-0.25, -0.2) is 0 Å². The Kier molecular flexibility index (Phi) is 5.66. The van der Waals surface area contributed by atoms with Crippen LogP contribution in [0.5, 0.6) is 0 Å². The summed E-state index contributed by atoms with van der Waals surface area (Å²) in [4.78, 5) is 11.9. The maximum Gasteiger partial charge on any atom is 0.251 e. The first kappa shape index (κ1) is 15.9. The van der Waals surface area contributed by atoms with Crippen LogP contribution >= 0.6 is 0 Å². The molecule has 116 valence electrons. The topological polar surface area (TPSA) is 41.1 Å². The van der Waals surface area contributed by atoms with E-state index in [2.05, 4.69) is 17.6 Å². The molecule has 2 rings (SSSR count). The fraction of sp³-hybridized carbons (Fsp3) is 0.611. The minimum absolute atomic E-state index is 0.000244. The third kappa shape index (κ3) is 4.76. The molecule has 1 aromatic rings. The van der Waals surface area contributed by atoms with Gasteiger partial charge >= 0.3 is 0 Å². The van der Waals surface area contributed by atoms with Crippen LogP contribution < -0.4 is 10.6 Å². The predicted molar refractivity (Wildman–Crippen MR) is 88.7 cm³/mol. The van der Waals surface area contributed by atoms with E-state index in [1.165, 1.54) is 32.1 Å². The van der Waals surface area contributed by atoms with Crippen molar-refractivity contribution in [3.63, 3.8) is 0 Å². The molecule has 2 N–H and O–H groups in total. The Bertz CT molecular complexity index is 453. The number of hydrogen-bond acceptors (Lipinski definition) is 2. The van der Waals surface area contributed by atoms with Crippen molar-refractivity contribution in [1.82, 2.24) is 5.32 Å². The Morgan fingerprint density at radius 3 is 2.57 bits per heavy atom. The van der Waals surface area contributed by atoms with Gasteiger partial charge in [-0.2, -0.15) is 0 Å². The van der Waals surface area contributed by atoms with Crippen molar-refractivity contribution in [2.24, 2.45) is 5.92 Å². The molecule has 21 heavy (non-hydrogen) atoms. The van der Waals surface area contributed by atoms with Crippen molar-refractivity contribution in [1.29, 1.82) is 0 Å². The Labute approximate surface area is 128 Å². The highest BCUT2D eigenvalue weighted by atomic mass is 16.1. The first-order chi connectivity index (χ1) is 10.1. The van der Waals surface area contributed by atoms with Crippen LogP contribution in [0.2, 0.25) is 0 Å². The van der Waals surface area contributed by atoms with Gasteiger partial charge in [-0.3, -0.25) is 4.79 Å². The first-order valence-corrected chi connectivity index (χ1v) is 8.26. The summed E-state index contributed by atoms with van der Waals surface area (Å²) >= 11 is 0. The lowest BCUT2D eigenvalue weighted by molar-refractivity contribution is 0.0943. The number of rotatable bonds is 5. The highest BCUT2D eigenvalue weighted by molar-refractivity contribution is 5.94. The largest absolute Gasteiger partial charge is 0.382 e. The summed E-state index contributed by atoms with van der Waals surface area (Å²) in [7, 11) is 0. The monoisotopic (exact) mass is 288 g/mol. The van der Waals surface area contributed by atoms with E-state index in [1.54, 1.807) is 0 Å². The SMILES string of the molecule is CCC1CCCC(Nc2ccc(C(=O)NC(C)C)cc2)C1. The summed E-state index contributed by atoms with van der Waals surface area (Å²) in [6.07, 6.45) is 6.51. The maximum absolute atomic E-state index is 11.9. The molecule has 1 aromatic carbocycles. The molecule has 1 fully saturated rings. The molecular formula is C18H28N2O. The number of anilines is 1. The van der Waals surface area contributed by atoms with Crippen molar-refractivity contribution in [3.05, 3.63) is 29.8 Å². The fourth-order valence-corrected chi connectivity index (χ4v) is 3.09. The molecular weight excluding hydrogens is 260 g/mol. The summed E-state index contributed by atoms with van der Waals surface area (Å²) in [6, 6.07) is 8.60. The van der Waals surface area contributed by atoms with Gasteiger partial charge < -0.3 is 10.6 Å². The fourth-order valence-electron chi connectivity index (χ4n) is 3.09. The van der Waals surface area contributed by atoms with Crippen LogP contribution in [-0.2, 0) is 0 Å². The highest BCUT2D eigenvalue weighted by Gasteiger charge is 2.20. The number of benzene rings is 1. The van der Waals surface area contributed by atoms with Crippen LogP contribution in [0.3, 0.4) is 0 Å². The zero-order valence-corrected chi connectivity index (χ0v) is 13.5. The van der Waals surface area contributed by atoms with Crippen molar-refractivity contribution in [2.45, 2.75) is 65.0 Å². The van der Waals surface area contributed by atoms with E-state index in [4.69, 9.17) is 0 Å². The summed E-state index contributed by atoms with van der Waals surface area (Å²) in [5.41, 5.74) is 1.85. The molecule has 0 aromatic heterocycles. The van der Waals surface area contributed by atoms with Crippen LogP contribution in [0, 0.1) is 5.92 Å². The van der Waals surface area contributed by atoms with Gasteiger partial charge in [0.25, 0.3) is 5.91 Å². The zero-order valence-electron chi connectivity index (χ0n) is 13.5. The average Bonchev–Trinajstić information content (AvgIpc) is 2.47. The smallest absolute Gasteiger partial charge is 0.251 e. The molecule has 3 nitrogen and oxygen atoms in total. The number of hydrogen-bond donors (Lipinski definition) is 2. The second-order valence-corrected chi connectivity index (χ2v) is 6.49. The molecule has 3 heteroatoms. The molecule has 0 saturated heterocycles. The molecule has 0 radical (unpaired) electrons. The van der Waals surface area contributed by atoms with Crippen molar-refractivity contribution >= 4 is 11.6 Å². The average molecular weight is 288 g/mol. The number of nitrogens with one attached hydrogen (secondary N) is 2. The Morgan fingerprint density at radius 1 is 1.24 bits per heavy atom. The lowest BCUT2D eigenvalue weighted by Gasteiger charge is -2.29. The van der Waals surface area contributed by atoms with E-state index in [-0.39, 0.29) is 11.9 Å². The van der Waals surface area contributed by atoms with E-state index in [9.17, 15) is 4.79 Å². The van der Waals surface area contributed by atoms with E-state index in [0.29, 0.717) is 6.04 Å². The molecule has 0 spiro atoms. The van der Waals surface area contributed by atoms with Crippen molar-refractivity contribution in [3.8, 4) is 0 Å². The molecule has 0 heterocycles. The number of amides is 1. The predicted octanol–water partition coefficient (Wildman–Crippen LogP) is 4.21. The summed E-state index contributed by atoms with van der Waals surface area (Å²) in [5.74, 6) is 0.868. The summed E-state index contributed by atoms with van der Waals surface area (Å²) in [6.45, 7) is 6.23. The Morgan fingerprint density at radius 2 is 1.95 bits per heavy atom. The van der Waals surface area contributed by atoms with E-state index < -0.39 is 0 Å². The van der Waals surface area contributed by atoms with Gasteiger partial charge in [-0.15, -0.1) is 0 Å². The maximum atomic E-state index is 11.9. The van der Waals surface area contributed by atoms with Gasteiger partial charge in [-0.05, 0) is 56.9 Å². The molecule has 0 bridgehead atoms. The zero-order chi connectivity index (χ0) is 15.2. The van der Waals surface area contributed by atoms with Crippen LogP contribution in [0.4, 0.5) is 5.69 Å². The normalized spacial score (nSPS) is 22.1. The van der Waals surface area contributed by atoms with Gasteiger partial charge in [-0.1, -0.05) is 26.2 Å². The van der Waals surface area contributed by atoms with E-state index >= 15 is 0 Å². The molecule has 1 amide bonds. The quantitative estimate of drug-likeness (QED) is 0.852. The molecule has 2 unspecified atom stereocenters. The minimum atomic E-state index is 0.000244. The van der Waals surface area contributed by atoms with Crippen molar-refractivity contribution in [2.75, 3.05) is 5.32 Å². The van der Waals surface area contributed by atoms with Crippen molar-refractivity contribution < 1.29 is 4.79 Å². The Hall–Kier alpha value is -1.51. The van der Waals surface area contributed by atoms with E-state index in [0.717, 1.165) is 17.2 Å². The highest BCUT2D eigenvalue weighted by Crippen LogP contribution is 2.28. The lowest BCUT2D eigenvalue weighted by Crippen LogP contribution is -2.30. The van der Waals surface area contributed by atoms with Crippen LogP contribution in [0.15, 0.2) is 24.3 Å². The Balaban J connectivity index is 1.91. The molecule has 1 aliphatic rings. The number of carbonyl (C=O) groups is 1. The molecule has 0 aliphatic heterocycles. The first-order valence-electron chi connectivity index (χ1n) is 8.26. The van der Waals surface area contributed by atoms with Gasteiger partial charge in [0, 0.05) is 23.3 Å². The van der Waals surface area contributed by atoms with Crippen LogP contribution in [0.25, 0.3) is 0 Å². The number of carbonyl (C=O) groups excluding carboxylic acids is 1. The van der Waals surface area contributed by atoms with Gasteiger partial charge in [0.15, 0.2) is 0 Å². The third-order valence-corrected chi connectivity index (χ3v) is 4.30. The van der Waals surface area contributed by atoms with Gasteiger partial charge in [0.2, 0.25) is 0 Å². The second-order valence-electron chi connectivity index (χ2n) is 6.49. The summed E-state index contributed by atoms with van der Waals surface area (Å²) in [5, 5.41) is 6.53. The molecule has 1 aliphatic carbocycles. The standard InChI is InChI=1S/C18H28N2O/c1-4-14-6-5-7-17(12-14)20-16-10-8-15(9-11-16)18(21)19-13(2)3/h8-11,13-14,17,20H,4-7,12H2,1-3H3,(H,19,21).